The van der Waals surface area contributed by atoms with Gasteiger partial charge in [0.2, 0.25) is 0 Å². The fourth-order valence-electron chi connectivity index (χ4n) is 2.75. The molecule has 1 heteroatoms. The minimum Gasteiger partial charge on any atom is -0.312 e. The van der Waals surface area contributed by atoms with Crippen LogP contribution in [0, 0.1) is 29.6 Å². The largest absolute Gasteiger partial charge is 0.312 e. The Morgan fingerprint density at radius 1 is 1.18 bits per heavy atom. The lowest BCUT2D eigenvalue weighted by molar-refractivity contribution is 0.178. The van der Waals surface area contributed by atoms with Crippen molar-refractivity contribution in [2.24, 2.45) is 17.8 Å². The Hall–Kier alpha value is -0.480. The molecule has 1 aliphatic carbocycles. The van der Waals surface area contributed by atoms with E-state index in [-0.39, 0.29) is 5.54 Å². The molecule has 1 aliphatic rings. The number of hydrogen-bond donors (Lipinski definition) is 1. The van der Waals surface area contributed by atoms with Crippen molar-refractivity contribution in [3.8, 4) is 11.8 Å². The topological polar surface area (TPSA) is 12.0 Å². The van der Waals surface area contributed by atoms with Crippen molar-refractivity contribution in [3.63, 3.8) is 0 Å². The highest BCUT2D eigenvalue weighted by atomic mass is 14.9. The zero-order valence-corrected chi connectivity index (χ0v) is 12.3. The molecule has 0 amide bonds. The highest BCUT2D eigenvalue weighted by molar-refractivity contribution is 4.98. The molecule has 0 aromatic carbocycles. The minimum absolute atomic E-state index is 0.240. The highest BCUT2D eigenvalue weighted by Gasteiger charge is 2.28. The first kappa shape index (κ1) is 14.6. The van der Waals surface area contributed by atoms with E-state index in [1.807, 2.05) is 6.92 Å². The van der Waals surface area contributed by atoms with Crippen LogP contribution in [0.1, 0.15) is 60.3 Å². The van der Waals surface area contributed by atoms with E-state index < -0.39 is 0 Å². The van der Waals surface area contributed by atoms with Crippen LogP contribution in [-0.4, -0.2) is 12.1 Å². The Morgan fingerprint density at radius 2 is 1.88 bits per heavy atom. The summed E-state index contributed by atoms with van der Waals surface area (Å²) in [6.07, 6.45) is 5.23. The molecule has 0 aromatic rings. The molecular formula is C16H29N. The molecule has 3 unspecified atom stereocenters. The van der Waals surface area contributed by atoms with Crippen molar-refractivity contribution in [2.75, 3.05) is 6.54 Å². The summed E-state index contributed by atoms with van der Waals surface area (Å²) in [5.74, 6) is 8.87. The Balaban J connectivity index is 2.50. The van der Waals surface area contributed by atoms with Gasteiger partial charge in [0, 0.05) is 12.0 Å². The lowest BCUT2D eigenvalue weighted by Gasteiger charge is -2.36. The van der Waals surface area contributed by atoms with E-state index in [0.29, 0.717) is 0 Å². The fourth-order valence-corrected chi connectivity index (χ4v) is 2.75. The molecule has 0 radical (unpaired) electrons. The molecule has 0 aliphatic heterocycles. The average Bonchev–Trinajstić information content (AvgIpc) is 2.23. The van der Waals surface area contributed by atoms with Crippen LogP contribution >= 0.6 is 0 Å². The van der Waals surface area contributed by atoms with Gasteiger partial charge in [0.15, 0.2) is 0 Å². The average molecular weight is 235 g/mol. The summed E-state index contributed by atoms with van der Waals surface area (Å²) in [6, 6.07) is 0. The van der Waals surface area contributed by atoms with Crippen molar-refractivity contribution in [2.45, 2.75) is 65.8 Å². The van der Waals surface area contributed by atoms with E-state index in [4.69, 9.17) is 0 Å². The Kier molecular flexibility index (Phi) is 5.53. The highest BCUT2D eigenvalue weighted by Crippen LogP contribution is 2.35. The van der Waals surface area contributed by atoms with Crippen LogP contribution in [0.25, 0.3) is 0 Å². The Labute approximate surface area is 108 Å². The molecule has 1 N–H and O–H groups in total. The van der Waals surface area contributed by atoms with Gasteiger partial charge in [0.05, 0.1) is 0 Å². The van der Waals surface area contributed by atoms with Crippen LogP contribution in [0.4, 0.5) is 0 Å². The van der Waals surface area contributed by atoms with Gasteiger partial charge >= 0.3 is 0 Å². The van der Waals surface area contributed by atoms with Gasteiger partial charge in [0.25, 0.3) is 0 Å². The number of hydrogen-bond acceptors (Lipinski definition) is 1. The van der Waals surface area contributed by atoms with Gasteiger partial charge in [-0.05, 0) is 64.8 Å². The normalized spacial score (nSPS) is 29.6. The van der Waals surface area contributed by atoms with Gasteiger partial charge in [-0.25, -0.2) is 0 Å². The van der Waals surface area contributed by atoms with E-state index >= 15 is 0 Å². The molecule has 1 nitrogen and oxygen atoms in total. The molecule has 1 rings (SSSR count). The summed E-state index contributed by atoms with van der Waals surface area (Å²) >= 11 is 0. The SMILES string of the molecule is CC#CCC1CC(C)CCC1CNC(C)(C)C. The maximum Gasteiger partial charge on any atom is 0.0120 e. The van der Waals surface area contributed by atoms with E-state index in [1.165, 1.54) is 19.3 Å². The maximum atomic E-state index is 3.66. The van der Waals surface area contributed by atoms with Crippen LogP contribution in [0.2, 0.25) is 0 Å². The van der Waals surface area contributed by atoms with Crippen molar-refractivity contribution in [1.29, 1.82) is 0 Å². The van der Waals surface area contributed by atoms with Crippen LogP contribution < -0.4 is 5.32 Å². The zero-order chi connectivity index (χ0) is 12.9. The Morgan fingerprint density at radius 3 is 2.47 bits per heavy atom. The van der Waals surface area contributed by atoms with Crippen LogP contribution in [0.15, 0.2) is 0 Å². The first-order chi connectivity index (χ1) is 7.92. The maximum absolute atomic E-state index is 3.66. The molecule has 3 atom stereocenters. The lowest BCUT2D eigenvalue weighted by Crippen LogP contribution is -2.42. The van der Waals surface area contributed by atoms with Gasteiger partial charge in [-0.3, -0.25) is 0 Å². The first-order valence-electron chi connectivity index (χ1n) is 7.07. The monoisotopic (exact) mass is 235 g/mol. The van der Waals surface area contributed by atoms with Gasteiger partial charge in [-0.1, -0.05) is 13.3 Å². The van der Waals surface area contributed by atoms with Gasteiger partial charge in [-0.15, -0.1) is 11.8 Å². The van der Waals surface area contributed by atoms with E-state index in [1.54, 1.807) is 0 Å². The van der Waals surface area contributed by atoms with E-state index in [0.717, 1.165) is 30.7 Å². The van der Waals surface area contributed by atoms with Crippen LogP contribution in [-0.2, 0) is 0 Å². The summed E-state index contributed by atoms with van der Waals surface area (Å²) in [6.45, 7) is 12.2. The third kappa shape index (κ3) is 5.59. The molecular weight excluding hydrogens is 206 g/mol. The summed E-state index contributed by atoms with van der Waals surface area (Å²) in [5.41, 5.74) is 0.240. The van der Waals surface area contributed by atoms with Crippen molar-refractivity contribution in [1.82, 2.24) is 5.32 Å². The predicted octanol–water partition coefficient (Wildman–Crippen LogP) is 3.84. The molecule has 0 aromatic heterocycles. The summed E-state index contributed by atoms with van der Waals surface area (Å²) in [7, 11) is 0. The van der Waals surface area contributed by atoms with Crippen molar-refractivity contribution in [3.05, 3.63) is 0 Å². The van der Waals surface area contributed by atoms with Gasteiger partial charge < -0.3 is 5.32 Å². The molecule has 0 heterocycles. The van der Waals surface area contributed by atoms with E-state index in [9.17, 15) is 0 Å². The second-order valence-electron chi connectivity index (χ2n) is 6.70. The number of nitrogens with one attached hydrogen (secondary N) is 1. The second-order valence-corrected chi connectivity index (χ2v) is 6.70. The molecule has 98 valence electrons. The quantitative estimate of drug-likeness (QED) is 0.733. The van der Waals surface area contributed by atoms with Gasteiger partial charge in [0.1, 0.15) is 0 Å². The Bertz CT molecular complexity index is 276. The van der Waals surface area contributed by atoms with Crippen molar-refractivity contribution >= 4 is 0 Å². The zero-order valence-electron chi connectivity index (χ0n) is 12.3. The number of rotatable bonds is 3. The molecule has 0 bridgehead atoms. The third-order valence-electron chi connectivity index (χ3n) is 3.84. The molecule has 1 saturated carbocycles. The van der Waals surface area contributed by atoms with E-state index in [2.05, 4.69) is 44.9 Å². The fraction of sp³-hybridized carbons (Fsp3) is 0.875. The molecule has 0 spiro atoms. The summed E-state index contributed by atoms with van der Waals surface area (Å²) < 4.78 is 0. The third-order valence-corrected chi connectivity index (χ3v) is 3.84. The smallest absolute Gasteiger partial charge is 0.0120 e. The summed E-state index contributed by atoms with van der Waals surface area (Å²) in [4.78, 5) is 0. The van der Waals surface area contributed by atoms with Crippen LogP contribution in [0.5, 0.6) is 0 Å². The molecule has 0 saturated heterocycles. The second kappa shape index (κ2) is 6.45. The van der Waals surface area contributed by atoms with Crippen LogP contribution in [0.3, 0.4) is 0 Å². The lowest BCUT2D eigenvalue weighted by atomic mass is 9.73. The summed E-state index contributed by atoms with van der Waals surface area (Å²) in [5, 5.41) is 3.66. The predicted molar refractivity (Wildman–Crippen MR) is 75.8 cm³/mol. The molecule has 17 heavy (non-hydrogen) atoms. The minimum atomic E-state index is 0.240. The van der Waals surface area contributed by atoms with Crippen molar-refractivity contribution < 1.29 is 0 Å². The standard InChI is InChI=1S/C16H29N/c1-6-7-8-14-11-13(2)9-10-15(14)12-17-16(3,4)5/h13-15,17H,8-12H2,1-5H3. The van der Waals surface area contributed by atoms with Gasteiger partial charge in [-0.2, -0.15) is 0 Å². The molecule has 1 fully saturated rings. The first-order valence-corrected chi connectivity index (χ1v) is 7.07.